The number of aryl methyl sites for hydroxylation is 2. The number of thiophene rings is 1. The number of hydrogen-bond donors (Lipinski definition) is 2. The lowest BCUT2D eigenvalue weighted by molar-refractivity contribution is -0.136. The highest BCUT2D eigenvalue weighted by Gasteiger charge is 2.05. The van der Waals surface area contributed by atoms with Crippen LogP contribution in [0.2, 0.25) is 0 Å². The minimum atomic E-state index is -0.786. The summed E-state index contributed by atoms with van der Waals surface area (Å²) in [5.41, 5.74) is 8.72. The second-order valence-corrected chi connectivity index (χ2v) is 5.19. The molecule has 0 spiro atoms. The summed E-state index contributed by atoms with van der Waals surface area (Å²) in [4.78, 5) is 11.8. The first kappa shape index (κ1) is 12.6. The Bertz CT molecular complexity index is 548. The average Bonchev–Trinajstić information content (AvgIpc) is 2.75. The van der Waals surface area contributed by atoms with Gasteiger partial charge in [0.05, 0.1) is 6.42 Å². The average molecular weight is 261 g/mol. The Labute approximate surface area is 110 Å². The molecule has 2 rings (SSSR count). The Morgan fingerprint density at radius 1 is 1.28 bits per heavy atom. The smallest absolute Gasteiger partial charge is 0.307 e. The lowest BCUT2D eigenvalue weighted by Crippen LogP contribution is -1.98. The topological polar surface area (TPSA) is 63.3 Å². The Morgan fingerprint density at radius 3 is 2.78 bits per heavy atom. The summed E-state index contributed by atoms with van der Waals surface area (Å²) in [6, 6.07) is 9.81. The van der Waals surface area contributed by atoms with E-state index in [0.29, 0.717) is 0 Å². The number of carboxylic acids is 1. The van der Waals surface area contributed by atoms with Gasteiger partial charge in [-0.1, -0.05) is 18.2 Å². The van der Waals surface area contributed by atoms with Crippen molar-refractivity contribution in [2.45, 2.75) is 19.3 Å². The second kappa shape index (κ2) is 5.69. The van der Waals surface area contributed by atoms with Crippen molar-refractivity contribution in [1.29, 1.82) is 0 Å². The van der Waals surface area contributed by atoms with Crippen LogP contribution in [0.3, 0.4) is 0 Å². The van der Waals surface area contributed by atoms with E-state index in [9.17, 15) is 4.79 Å². The van der Waals surface area contributed by atoms with Gasteiger partial charge in [0.15, 0.2) is 0 Å². The van der Waals surface area contributed by atoms with Crippen LogP contribution in [0.4, 0.5) is 5.69 Å². The molecule has 1 aromatic carbocycles. The number of carbonyl (C=O) groups is 1. The standard InChI is InChI=1S/C14H15NO2S/c15-13-4-2-1-3-11(13)5-6-12-7-10(9-18-12)8-14(16)17/h1-4,7,9H,5-6,8,15H2,(H,16,17). The molecule has 18 heavy (non-hydrogen) atoms. The van der Waals surface area contributed by atoms with Gasteiger partial charge in [-0.2, -0.15) is 0 Å². The van der Waals surface area contributed by atoms with E-state index in [-0.39, 0.29) is 6.42 Å². The Hall–Kier alpha value is -1.81. The number of benzene rings is 1. The summed E-state index contributed by atoms with van der Waals surface area (Å²) in [7, 11) is 0. The summed E-state index contributed by atoms with van der Waals surface area (Å²) in [6.45, 7) is 0. The van der Waals surface area contributed by atoms with Gasteiger partial charge in [0.2, 0.25) is 0 Å². The summed E-state index contributed by atoms with van der Waals surface area (Å²) >= 11 is 1.61. The van der Waals surface area contributed by atoms with Gasteiger partial charge in [0, 0.05) is 10.6 Å². The van der Waals surface area contributed by atoms with Gasteiger partial charge in [0.1, 0.15) is 0 Å². The molecule has 3 N–H and O–H groups in total. The van der Waals surface area contributed by atoms with E-state index in [2.05, 4.69) is 0 Å². The Balaban J connectivity index is 1.96. The predicted molar refractivity (Wildman–Crippen MR) is 73.9 cm³/mol. The fourth-order valence-electron chi connectivity index (χ4n) is 1.84. The first-order chi connectivity index (χ1) is 8.65. The van der Waals surface area contributed by atoms with Crippen molar-refractivity contribution in [2.24, 2.45) is 0 Å². The third-order valence-corrected chi connectivity index (χ3v) is 3.80. The van der Waals surface area contributed by atoms with Gasteiger partial charge in [-0.25, -0.2) is 0 Å². The number of aliphatic carboxylic acids is 1. The molecular formula is C14H15NO2S. The van der Waals surface area contributed by atoms with Crippen molar-refractivity contribution in [3.05, 3.63) is 51.7 Å². The third kappa shape index (κ3) is 3.34. The van der Waals surface area contributed by atoms with Crippen LogP contribution < -0.4 is 5.73 Å². The first-order valence-corrected chi connectivity index (χ1v) is 6.64. The van der Waals surface area contributed by atoms with E-state index in [1.165, 1.54) is 4.88 Å². The minimum Gasteiger partial charge on any atom is -0.481 e. The van der Waals surface area contributed by atoms with Gasteiger partial charge in [-0.3, -0.25) is 4.79 Å². The van der Waals surface area contributed by atoms with Crippen LogP contribution in [0.5, 0.6) is 0 Å². The Morgan fingerprint density at radius 2 is 2.06 bits per heavy atom. The van der Waals surface area contributed by atoms with E-state index in [4.69, 9.17) is 10.8 Å². The van der Waals surface area contributed by atoms with Crippen LogP contribution in [0, 0.1) is 0 Å². The summed E-state index contributed by atoms with van der Waals surface area (Å²) < 4.78 is 0. The number of carboxylic acid groups (broad SMARTS) is 1. The van der Waals surface area contributed by atoms with Crippen LogP contribution in [-0.4, -0.2) is 11.1 Å². The highest BCUT2D eigenvalue weighted by molar-refractivity contribution is 7.10. The van der Waals surface area contributed by atoms with E-state index in [1.807, 2.05) is 35.7 Å². The molecule has 0 bridgehead atoms. The summed E-state index contributed by atoms with van der Waals surface area (Å²) in [5, 5.41) is 10.6. The summed E-state index contributed by atoms with van der Waals surface area (Å²) in [5.74, 6) is -0.786. The van der Waals surface area contributed by atoms with Crippen molar-refractivity contribution >= 4 is 23.0 Å². The molecule has 0 fully saturated rings. The predicted octanol–water partition coefficient (Wildman–Crippen LogP) is 2.74. The highest BCUT2D eigenvalue weighted by Crippen LogP contribution is 2.19. The van der Waals surface area contributed by atoms with Crippen LogP contribution >= 0.6 is 11.3 Å². The SMILES string of the molecule is Nc1ccccc1CCc1cc(CC(=O)O)cs1. The number of nitrogen functional groups attached to an aromatic ring is 1. The highest BCUT2D eigenvalue weighted by atomic mass is 32.1. The monoisotopic (exact) mass is 261 g/mol. The van der Waals surface area contributed by atoms with Gasteiger partial charge < -0.3 is 10.8 Å². The van der Waals surface area contributed by atoms with Gasteiger partial charge in [-0.15, -0.1) is 11.3 Å². The normalized spacial score (nSPS) is 10.4. The fraction of sp³-hybridized carbons (Fsp3) is 0.214. The number of hydrogen-bond acceptors (Lipinski definition) is 3. The lowest BCUT2D eigenvalue weighted by atomic mass is 10.1. The maximum absolute atomic E-state index is 10.6. The maximum atomic E-state index is 10.6. The van der Waals surface area contributed by atoms with Crippen LogP contribution in [0.15, 0.2) is 35.7 Å². The molecule has 2 aromatic rings. The zero-order valence-electron chi connectivity index (χ0n) is 9.93. The van der Waals surface area contributed by atoms with E-state index >= 15 is 0 Å². The maximum Gasteiger partial charge on any atom is 0.307 e. The molecule has 0 radical (unpaired) electrons. The molecule has 1 aromatic heterocycles. The molecule has 0 amide bonds. The molecular weight excluding hydrogens is 246 g/mol. The third-order valence-electron chi connectivity index (χ3n) is 2.76. The molecule has 94 valence electrons. The molecule has 4 heteroatoms. The molecule has 0 atom stereocenters. The first-order valence-electron chi connectivity index (χ1n) is 5.76. The van der Waals surface area contributed by atoms with Gasteiger partial charge >= 0.3 is 5.97 Å². The molecule has 0 aliphatic rings. The van der Waals surface area contributed by atoms with Gasteiger partial charge in [-0.05, 0) is 41.5 Å². The molecule has 3 nitrogen and oxygen atoms in total. The van der Waals surface area contributed by atoms with E-state index in [1.54, 1.807) is 11.3 Å². The molecule has 1 heterocycles. The zero-order valence-corrected chi connectivity index (χ0v) is 10.7. The quantitative estimate of drug-likeness (QED) is 0.813. The molecule has 0 aliphatic carbocycles. The van der Waals surface area contributed by atoms with Crippen molar-refractivity contribution in [3.8, 4) is 0 Å². The fourth-order valence-corrected chi connectivity index (χ4v) is 2.74. The number of para-hydroxylation sites is 1. The van der Waals surface area contributed by atoms with Crippen molar-refractivity contribution in [2.75, 3.05) is 5.73 Å². The molecule has 0 saturated heterocycles. The number of anilines is 1. The largest absolute Gasteiger partial charge is 0.481 e. The second-order valence-electron chi connectivity index (χ2n) is 4.19. The van der Waals surface area contributed by atoms with Crippen molar-refractivity contribution in [3.63, 3.8) is 0 Å². The van der Waals surface area contributed by atoms with E-state index < -0.39 is 5.97 Å². The number of rotatable bonds is 5. The Kier molecular flexibility index (Phi) is 3.99. The molecule has 0 saturated carbocycles. The van der Waals surface area contributed by atoms with Crippen LogP contribution in [0.25, 0.3) is 0 Å². The molecule has 0 aliphatic heterocycles. The van der Waals surface area contributed by atoms with Crippen LogP contribution in [-0.2, 0) is 24.1 Å². The molecule has 0 unspecified atom stereocenters. The summed E-state index contributed by atoms with van der Waals surface area (Å²) in [6.07, 6.45) is 1.89. The van der Waals surface area contributed by atoms with E-state index in [0.717, 1.165) is 29.7 Å². The number of nitrogens with two attached hydrogens (primary N) is 1. The zero-order chi connectivity index (χ0) is 13.0. The minimum absolute atomic E-state index is 0.101. The van der Waals surface area contributed by atoms with Crippen molar-refractivity contribution < 1.29 is 9.90 Å². The van der Waals surface area contributed by atoms with Gasteiger partial charge in [0.25, 0.3) is 0 Å². The van der Waals surface area contributed by atoms with Crippen LogP contribution in [0.1, 0.15) is 16.0 Å². The van der Waals surface area contributed by atoms with Crippen molar-refractivity contribution in [1.82, 2.24) is 0 Å². The lowest BCUT2D eigenvalue weighted by Gasteiger charge is -2.03.